The first-order valence-electron chi connectivity index (χ1n) is 8.62. The molecule has 0 saturated heterocycles. The SMILES string of the molecule is CCn1c(=O)c2cc(C(=O)Nc3ccc(C)cc3Cl)sc2c2ccccc21. The van der Waals surface area contributed by atoms with Crippen molar-refractivity contribution in [2.75, 3.05) is 5.32 Å². The molecule has 136 valence electrons. The van der Waals surface area contributed by atoms with E-state index < -0.39 is 0 Å². The third-order valence-corrected chi connectivity index (χ3v) is 6.04. The van der Waals surface area contributed by atoms with Gasteiger partial charge in [-0.2, -0.15) is 0 Å². The number of hydrogen-bond acceptors (Lipinski definition) is 3. The first kappa shape index (κ1) is 17.8. The fraction of sp³-hybridized carbons (Fsp3) is 0.143. The van der Waals surface area contributed by atoms with Gasteiger partial charge in [0.2, 0.25) is 0 Å². The number of anilines is 1. The lowest BCUT2D eigenvalue weighted by Gasteiger charge is -2.08. The second-order valence-electron chi connectivity index (χ2n) is 6.36. The molecule has 0 radical (unpaired) electrons. The van der Waals surface area contributed by atoms with Gasteiger partial charge in [0.1, 0.15) is 0 Å². The number of fused-ring (bicyclic) bond motifs is 3. The average molecular weight is 397 g/mol. The minimum Gasteiger partial charge on any atom is -0.320 e. The van der Waals surface area contributed by atoms with Crippen molar-refractivity contribution in [2.24, 2.45) is 0 Å². The Morgan fingerprint density at radius 2 is 1.93 bits per heavy atom. The Morgan fingerprint density at radius 3 is 2.67 bits per heavy atom. The normalized spacial score (nSPS) is 11.2. The molecule has 4 rings (SSSR count). The van der Waals surface area contributed by atoms with E-state index in [1.165, 1.54) is 11.3 Å². The van der Waals surface area contributed by atoms with Crippen molar-refractivity contribution in [1.29, 1.82) is 0 Å². The van der Waals surface area contributed by atoms with Crippen LogP contribution in [0.5, 0.6) is 0 Å². The molecule has 0 bridgehead atoms. The van der Waals surface area contributed by atoms with E-state index in [0.717, 1.165) is 21.2 Å². The molecule has 0 fully saturated rings. The molecular weight excluding hydrogens is 380 g/mol. The van der Waals surface area contributed by atoms with Gasteiger partial charge in [-0.15, -0.1) is 11.3 Å². The highest BCUT2D eigenvalue weighted by molar-refractivity contribution is 7.21. The zero-order chi connectivity index (χ0) is 19.1. The Hall–Kier alpha value is -2.63. The van der Waals surface area contributed by atoms with Crippen LogP contribution in [0.25, 0.3) is 21.0 Å². The molecule has 2 aromatic carbocycles. The molecule has 1 N–H and O–H groups in total. The number of rotatable bonds is 3. The van der Waals surface area contributed by atoms with E-state index >= 15 is 0 Å². The lowest BCUT2D eigenvalue weighted by atomic mass is 10.1. The standard InChI is InChI=1S/C21H17ClN2O2S/c1-3-24-17-7-5-4-6-13(17)19-14(21(24)26)11-18(27-19)20(25)23-16-9-8-12(2)10-15(16)22/h4-11H,3H2,1-2H3,(H,23,25). The maximum atomic E-state index is 12.9. The Labute approximate surface area is 165 Å². The minimum absolute atomic E-state index is 0.0742. The number of pyridine rings is 1. The molecule has 6 heteroatoms. The number of carbonyl (C=O) groups excluding carboxylic acids is 1. The van der Waals surface area contributed by atoms with E-state index in [0.29, 0.717) is 27.5 Å². The lowest BCUT2D eigenvalue weighted by molar-refractivity contribution is 0.103. The van der Waals surface area contributed by atoms with Crippen molar-refractivity contribution in [3.05, 3.63) is 74.3 Å². The number of amides is 1. The monoisotopic (exact) mass is 396 g/mol. The number of aryl methyl sites for hydroxylation is 2. The Morgan fingerprint density at radius 1 is 1.15 bits per heavy atom. The predicted octanol–water partition coefficient (Wildman–Crippen LogP) is 5.45. The zero-order valence-electron chi connectivity index (χ0n) is 14.9. The fourth-order valence-electron chi connectivity index (χ4n) is 3.24. The van der Waals surface area contributed by atoms with Crippen LogP contribution in [0.2, 0.25) is 5.02 Å². The highest BCUT2D eigenvalue weighted by Gasteiger charge is 2.17. The summed E-state index contributed by atoms with van der Waals surface area (Å²) in [6, 6.07) is 14.9. The second kappa shape index (κ2) is 6.83. The van der Waals surface area contributed by atoms with Gasteiger partial charge in [-0.25, -0.2) is 0 Å². The molecule has 1 amide bonds. The van der Waals surface area contributed by atoms with Gasteiger partial charge in [-0.05, 0) is 43.7 Å². The van der Waals surface area contributed by atoms with E-state index in [1.807, 2.05) is 44.2 Å². The topological polar surface area (TPSA) is 51.1 Å². The molecule has 0 saturated carbocycles. The summed E-state index contributed by atoms with van der Waals surface area (Å²) in [5.41, 5.74) is 2.38. The number of halogens is 1. The van der Waals surface area contributed by atoms with Crippen molar-refractivity contribution in [3.8, 4) is 0 Å². The van der Waals surface area contributed by atoms with Crippen LogP contribution in [-0.2, 0) is 6.54 Å². The Balaban J connectivity index is 1.84. The van der Waals surface area contributed by atoms with Crippen LogP contribution < -0.4 is 10.9 Å². The van der Waals surface area contributed by atoms with E-state index in [2.05, 4.69) is 5.32 Å². The predicted molar refractivity (Wildman–Crippen MR) is 113 cm³/mol. The summed E-state index contributed by atoms with van der Waals surface area (Å²) >= 11 is 7.55. The summed E-state index contributed by atoms with van der Waals surface area (Å²) in [4.78, 5) is 26.1. The van der Waals surface area contributed by atoms with Crippen LogP contribution in [0, 0.1) is 6.92 Å². The summed E-state index contributed by atoms with van der Waals surface area (Å²) in [6.45, 7) is 4.46. The van der Waals surface area contributed by atoms with Gasteiger partial charge >= 0.3 is 0 Å². The maximum Gasteiger partial charge on any atom is 0.265 e. The molecule has 4 nitrogen and oxygen atoms in total. The smallest absolute Gasteiger partial charge is 0.265 e. The van der Waals surface area contributed by atoms with Crippen molar-refractivity contribution >= 4 is 55.5 Å². The van der Waals surface area contributed by atoms with Crippen molar-refractivity contribution < 1.29 is 4.79 Å². The largest absolute Gasteiger partial charge is 0.320 e. The summed E-state index contributed by atoms with van der Waals surface area (Å²) in [5, 5.41) is 4.88. The Kier molecular flexibility index (Phi) is 4.50. The minimum atomic E-state index is -0.270. The number of hydrogen-bond donors (Lipinski definition) is 1. The average Bonchev–Trinajstić information content (AvgIpc) is 3.11. The molecular formula is C21H17ClN2O2S. The summed E-state index contributed by atoms with van der Waals surface area (Å²) in [7, 11) is 0. The summed E-state index contributed by atoms with van der Waals surface area (Å²) in [6.07, 6.45) is 0. The van der Waals surface area contributed by atoms with Crippen molar-refractivity contribution in [3.63, 3.8) is 0 Å². The maximum absolute atomic E-state index is 12.9. The van der Waals surface area contributed by atoms with E-state index in [4.69, 9.17) is 11.6 Å². The first-order chi connectivity index (χ1) is 13.0. The highest BCUT2D eigenvalue weighted by atomic mass is 35.5. The van der Waals surface area contributed by atoms with Gasteiger partial charge in [0, 0.05) is 16.6 Å². The van der Waals surface area contributed by atoms with Gasteiger partial charge in [-0.3, -0.25) is 9.59 Å². The van der Waals surface area contributed by atoms with Crippen LogP contribution in [0.4, 0.5) is 5.69 Å². The lowest BCUT2D eigenvalue weighted by Crippen LogP contribution is -2.19. The van der Waals surface area contributed by atoms with Crippen LogP contribution in [0.15, 0.2) is 53.3 Å². The molecule has 2 heterocycles. The van der Waals surface area contributed by atoms with Crippen molar-refractivity contribution in [1.82, 2.24) is 4.57 Å². The Bertz CT molecular complexity index is 1260. The summed E-state index contributed by atoms with van der Waals surface area (Å²) < 4.78 is 2.57. The number of para-hydroxylation sites is 1. The third-order valence-electron chi connectivity index (χ3n) is 4.56. The van der Waals surface area contributed by atoms with Crippen LogP contribution in [0.3, 0.4) is 0 Å². The quantitative estimate of drug-likeness (QED) is 0.500. The first-order valence-corrected chi connectivity index (χ1v) is 9.81. The van der Waals surface area contributed by atoms with E-state index in [9.17, 15) is 9.59 Å². The second-order valence-corrected chi connectivity index (χ2v) is 7.82. The number of thiophene rings is 1. The number of nitrogens with zero attached hydrogens (tertiary/aromatic N) is 1. The molecule has 0 aliphatic carbocycles. The van der Waals surface area contributed by atoms with Crippen LogP contribution in [0.1, 0.15) is 22.2 Å². The molecule has 0 unspecified atom stereocenters. The van der Waals surface area contributed by atoms with Gasteiger partial charge in [-0.1, -0.05) is 35.9 Å². The van der Waals surface area contributed by atoms with Crippen LogP contribution in [-0.4, -0.2) is 10.5 Å². The zero-order valence-corrected chi connectivity index (χ0v) is 16.4. The van der Waals surface area contributed by atoms with Crippen LogP contribution >= 0.6 is 22.9 Å². The van der Waals surface area contributed by atoms with E-state index in [1.54, 1.807) is 22.8 Å². The molecule has 2 aromatic heterocycles. The molecule has 0 aliphatic heterocycles. The summed E-state index contributed by atoms with van der Waals surface area (Å²) in [5.74, 6) is -0.270. The number of nitrogens with one attached hydrogen (secondary N) is 1. The van der Waals surface area contributed by atoms with Crippen molar-refractivity contribution in [2.45, 2.75) is 20.4 Å². The molecule has 27 heavy (non-hydrogen) atoms. The van der Waals surface area contributed by atoms with Gasteiger partial charge < -0.3 is 9.88 Å². The van der Waals surface area contributed by atoms with Gasteiger partial charge in [0.05, 0.1) is 26.5 Å². The van der Waals surface area contributed by atoms with Gasteiger partial charge in [0.25, 0.3) is 11.5 Å². The third kappa shape index (κ3) is 3.03. The fourth-order valence-corrected chi connectivity index (χ4v) is 4.60. The molecule has 4 aromatic rings. The van der Waals surface area contributed by atoms with E-state index in [-0.39, 0.29) is 11.5 Å². The molecule has 0 spiro atoms. The highest BCUT2D eigenvalue weighted by Crippen LogP contribution is 2.31. The molecule has 0 atom stereocenters. The van der Waals surface area contributed by atoms with Gasteiger partial charge in [0.15, 0.2) is 0 Å². The number of benzene rings is 2. The number of aromatic nitrogens is 1. The molecule has 0 aliphatic rings. The number of carbonyl (C=O) groups is 1.